The topological polar surface area (TPSA) is 90.2 Å². The van der Waals surface area contributed by atoms with Gasteiger partial charge in [0.2, 0.25) is 23.3 Å². The van der Waals surface area contributed by atoms with Gasteiger partial charge in [-0.15, -0.1) is 0 Å². The van der Waals surface area contributed by atoms with Gasteiger partial charge in [0.15, 0.2) is 0 Å². The molecule has 0 unspecified atom stereocenters. The zero-order valence-electron chi connectivity index (χ0n) is 6.86. The first-order valence-corrected chi connectivity index (χ1v) is 3.84. The van der Waals surface area contributed by atoms with Gasteiger partial charge in [-0.05, 0) is 0 Å². The summed E-state index contributed by atoms with van der Waals surface area (Å²) in [6, 6.07) is 0. The van der Waals surface area contributed by atoms with E-state index in [0.717, 1.165) is 0 Å². The number of rotatable bonds is 0. The van der Waals surface area contributed by atoms with E-state index < -0.39 is 0 Å². The molecule has 0 saturated carbocycles. The van der Waals surface area contributed by atoms with Crippen molar-refractivity contribution in [1.29, 1.82) is 0 Å². The summed E-state index contributed by atoms with van der Waals surface area (Å²) in [5.74, 6) is 1.78. The van der Waals surface area contributed by atoms with Crippen LogP contribution in [0.4, 0.5) is 0 Å². The molecule has 0 fully saturated rings. The first kappa shape index (κ1) is 7.13. The van der Waals surface area contributed by atoms with Gasteiger partial charge in [-0.2, -0.15) is 0 Å². The molecule has 3 aliphatic rings. The largest absolute Gasteiger partial charge is 0.213 e. The Kier molecular flexibility index (Phi) is 1.32. The highest BCUT2D eigenvalue weighted by molar-refractivity contribution is 5.49. The van der Waals surface area contributed by atoms with Crippen molar-refractivity contribution >= 4 is 0 Å². The lowest BCUT2D eigenvalue weighted by atomic mass is 10.5. The van der Waals surface area contributed by atoms with Crippen molar-refractivity contribution in [2.24, 2.45) is 0 Å². The van der Waals surface area contributed by atoms with E-state index in [4.69, 9.17) is 0 Å². The van der Waals surface area contributed by atoms with Gasteiger partial charge in [-0.3, -0.25) is 0 Å². The van der Waals surface area contributed by atoms with Crippen molar-refractivity contribution < 1.29 is 0 Å². The molecule has 3 rings (SSSR count). The molecule has 0 aliphatic carbocycles. The standard InChI is InChI=1S/C7H3N7/c1-8-4-6(12-2-10-4)14-7-5(9-1)11-3-13-7/h1-3H. The molecule has 66 valence electrons. The van der Waals surface area contributed by atoms with Gasteiger partial charge in [0.25, 0.3) is 0 Å². The minimum absolute atomic E-state index is 0.443. The normalized spacial score (nSPS) is 10.9. The van der Waals surface area contributed by atoms with Crippen molar-refractivity contribution in [3.05, 3.63) is 19.0 Å². The molecule has 0 radical (unpaired) electrons. The maximum absolute atomic E-state index is 4.13. The molecule has 14 heavy (non-hydrogen) atoms. The van der Waals surface area contributed by atoms with Crippen LogP contribution in [-0.4, -0.2) is 34.9 Å². The summed E-state index contributed by atoms with van der Waals surface area (Å²) in [6.07, 6.45) is 4.16. The number of fused-ring (bicyclic) bond motifs is 2. The number of nitrogens with zero attached hydrogens (tertiary/aromatic N) is 7. The first-order chi connectivity index (χ1) is 6.93. The van der Waals surface area contributed by atoms with Crippen LogP contribution < -0.4 is 0 Å². The third-order valence-electron chi connectivity index (χ3n) is 1.69. The van der Waals surface area contributed by atoms with Gasteiger partial charge in [-0.25, -0.2) is 34.9 Å². The van der Waals surface area contributed by atoms with E-state index in [2.05, 4.69) is 34.9 Å². The number of aromatic nitrogens is 7. The number of imidazole rings is 2. The molecule has 3 aliphatic heterocycles. The molecule has 0 aromatic carbocycles. The fraction of sp³-hybridized carbons (Fsp3) is 0. The van der Waals surface area contributed by atoms with Gasteiger partial charge in [0, 0.05) is 0 Å². The summed E-state index contributed by atoms with van der Waals surface area (Å²) in [5, 5.41) is 0. The molecule has 0 saturated heterocycles. The van der Waals surface area contributed by atoms with Crippen LogP contribution in [0.2, 0.25) is 0 Å². The molecule has 0 amide bonds. The Balaban J connectivity index is 2.37. The van der Waals surface area contributed by atoms with Crippen LogP contribution in [0.5, 0.6) is 0 Å². The molecule has 7 heteroatoms. The van der Waals surface area contributed by atoms with E-state index >= 15 is 0 Å². The zero-order chi connectivity index (χ0) is 9.38. The Labute approximate surface area is 78.0 Å². The third-order valence-corrected chi connectivity index (χ3v) is 1.69. The zero-order valence-corrected chi connectivity index (χ0v) is 6.86. The maximum atomic E-state index is 4.13. The van der Waals surface area contributed by atoms with Crippen LogP contribution in [-0.2, 0) is 0 Å². The van der Waals surface area contributed by atoms with Crippen LogP contribution in [0, 0.1) is 0 Å². The van der Waals surface area contributed by atoms with Crippen molar-refractivity contribution in [3.8, 4) is 23.3 Å². The molecule has 0 bridgehead atoms. The summed E-state index contributed by atoms with van der Waals surface area (Å²) >= 11 is 0. The third kappa shape index (κ3) is 0.954. The van der Waals surface area contributed by atoms with E-state index in [1.807, 2.05) is 0 Å². The summed E-state index contributed by atoms with van der Waals surface area (Å²) in [5.41, 5.74) is 0. The first-order valence-electron chi connectivity index (χ1n) is 3.84. The van der Waals surface area contributed by atoms with Gasteiger partial charge in [0.1, 0.15) is 19.0 Å². The SMILES string of the molecule is c1nc2ncnc-2nc2ncnc-2n1. The Morgan fingerprint density at radius 1 is 0.500 bits per heavy atom. The van der Waals surface area contributed by atoms with Crippen molar-refractivity contribution in [3.63, 3.8) is 0 Å². The second kappa shape index (κ2) is 2.59. The lowest BCUT2D eigenvalue weighted by Gasteiger charge is -1.91. The van der Waals surface area contributed by atoms with Crippen LogP contribution in [0.3, 0.4) is 0 Å². The highest BCUT2D eigenvalue weighted by Crippen LogP contribution is 2.12. The summed E-state index contributed by atoms with van der Waals surface area (Å²) in [7, 11) is 0. The molecular formula is C7H3N7. The smallest absolute Gasteiger partial charge is 0.201 e. The van der Waals surface area contributed by atoms with Gasteiger partial charge in [-0.1, -0.05) is 0 Å². The van der Waals surface area contributed by atoms with Crippen LogP contribution in [0.15, 0.2) is 19.0 Å². The Morgan fingerprint density at radius 2 is 0.857 bits per heavy atom. The predicted molar refractivity (Wildman–Crippen MR) is 44.3 cm³/mol. The minimum atomic E-state index is 0.443. The van der Waals surface area contributed by atoms with Gasteiger partial charge < -0.3 is 0 Å². The second-order valence-electron chi connectivity index (χ2n) is 2.53. The highest BCUT2D eigenvalue weighted by Gasteiger charge is 2.11. The molecule has 0 aromatic heterocycles. The van der Waals surface area contributed by atoms with Gasteiger partial charge in [0.05, 0.1) is 0 Å². The summed E-state index contributed by atoms with van der Waals surface area (Å²) in [6.45, 7) is 0. The Morgan fingerprint density at radius 3 is 1.29 bits per heavy atom. The fourth-order valence-corrected chi connectivity index (χ4v) is 1.09. The minimum Gasteiger partial charge on any atom is -0.213 e. The molecular weight excluding hydrogens is 182 g/mol. The summed E-state index contributed by atoms with van der Waals surface area (Å²) < 4.78 is 0. The molecule has 0 N–H and O–H groups in total. The van der Waals surface area contributed by atoms with Crippen LogP contribution in [0.25, 0.3) is 23.3 Å². The molecule has 0 aromatic rings. The van der Waals surface area contributed by atoms with E-state index in [0.29, 0.717) is 23.3 Å². The molecule has 7 nitrogen and oxygen atoms in total. The fourth-order valence-electron chi connectivity index (χ4n) is 1.09. The van der Waals surface area contributed by atoms with Crippen molar-refractivity contribution in [1.82, 2.24) is 34.9 Å². The summed E-state index contributed by atoms with van der Waals surface area (Å²) in [4.78, 5) is 27.7. The molecule has 0 spiro atoms. The highest BCUT2D eigenvalue weighted by atomic mass is 15.1. The Hall–Kier alpha value is -2.31. The van der Waals surface area contributed by atoms with Crippen LogP contribution in [0.1, 0.15) is 0 Å². The predicted octanol–water partition coefficient (Wildman–Crippen LogP) is -0.339. The van der Waals surface area contributed by atoms with Crippen molar-refractivity contribution in [2.45, 2.75) is 0 Å². The van der Waals surface area contributed by atoms with Crippen molar-refractivity contribution in [2.75, 3.05) is 0 Å². The quantitative estimate of drug-likeness (QED) is 0.473. The number of hydrogen-bond donors (Lipinski definition) is 0. The second-order valence-corrected chi connectivity index (χ2v) is 2.53. The van der Waals surface area contributed by atoms with E-state index in [1.165, 1.54) is 19.0 Å². The number of hydrogen-bond acceptors (Lipinski definition) is 7. The Bertz CT molecular complexity index is 480. The molecule has 3 heterocycles. The van der Waals surface area contributed by atoms with Gasteiger partial charge >= 0.3 is 0 Å². The lowest BCUT2D eigenvalue weighted by Crippen LogP contribution is -1.92. The average Bonchev–Trinajstić information content (AvgIpc) is 2.75. The molecule has 0 atom stereocenters. The average molecular weight is 185 g/mol. The monoisotopic (exact) mass is 185 g/mol. The van der Waals surface area contributed by atoms with E-state index in [1.54, 1.807) is 0 Å². The maximum Gasteiger partial charge on any atom is 0.201 e. The van der Waals surface area contributed by atoms with Crippen LogP contribution >= 0.6 is 0 Å². The lowest BCUT2D eigenvalue weighted by molar-refractivity contribution is 1.08. The van der Waals surface area contributed by atoms with E-state index in [9.17, 15) is 0 Å². The van der Waals surface area contributed by atoms with E-state index in [-0.39, 0.29) is 0 Å².